The highest BCUT2D eigenvalue weighted by atomic mass is 35.5. The van der Waals surface area contributed by atoms with Crippen LogP contribution in [0.3, 0.4) is 0 Å². The van der Waals surface area contributed by atoms with E-state index < -0.39 is 0 Å². The summed E-state index contributed by atoms with van der Waals surface area (Å²) in [6, 6.07) is 0. The van der Waals surface area contributed by atoms with Crippen LogP contribution >= 0.6 is 23.2 Å². The fourth-order valence-electron chi connectivity index (χ4n) is 0.742. The van der Waals surface area contributed by atoms with Crippen molar-refractivity contribution in [1.82, 2.24) is 0 Å². The maximum absolute atomic E-state index is 5.87. The number of hydrogen-bond acceptors (Lipinski definition) is 1. The van der Waals surface area contributed by atoms with Crippen molar-refractivity contribution in [3.8, 4) is 0 Å². The second-order valence-corrected chi connectivity index (χ2v) is 3.34. The van der Waals surface area contributed by atoms with Crippen LogP contribution in [0, 0.1) is 12.5 Å². The van der Waals surface area contributed by atoms with E-state index in [2.05, 4.69) is 0 Å². The number of ether oxygens (including phenoxy) is 1. The molecule has 1 aliphatic heterocycles. The number of halogens is 2. The number of rotatable bonds is 0. The molecular weight excluding hydrogens is 159 g/mol. The van der Waals surface area contributed by atoms with Crippen LogP contribution in [0.5, 0.6) is 0 Å². The van der Waals surface area contributed by atoms with Gasteiger partial charge in [0.15, 0.2) is 0 Å². The third kappa shape index (κ3) is 1.99. The molecular formula is C6H9Cl2O. The summed E-state index contributed by atoms with van der Waals surface area (Å²) in [5, 5.41) is 0.140. The van der Waals surface area contributed by atoms with Gasteiger partial charge in [-0.05, 0) is 0 Å². The molecule has 0 aromatic heterocycles. The molecule has 1 aliphatic rings. The third-order valence-corrected chi connectivity index (χ3v) is 2.28. The molecule has 1 heterocycles. The predicted molar refractivity (Wildman–Crippen MR) is 38.4 cm³/mol. The Labute approximate surface area is 65.3 Å². The Morgan fingerprint density at radius 1 is 1.56 bits per heavy atom. The van der Waals surface area contributed by atoms with Crippen LogP contribution in [0.4, 0.5) is 0 Å². The van der Waals surface area contributed by atoms with Crippen molar-refractivity contribution in [2.75, 3.05) is 0 Å². The van der Waals surface area contributed by atoms with Gasteiger partial charge in [-0.15, -0.1) is 11.6 Å². The minimum absolute atomic E-state index is 0.140. The summed E-state index contributed by atoms with van der Waals surface area (Å²) in [6.07, 6.45) is 0.737. The molecule has 0 bridgehead atoms. The normalized spacial score (nSPS) is 45.0. The minimum Gasteiger partial charge on any atom is -0.356 e. The minimum atomic E-state index is -0.219. The lowest BCUT2D eigenvalue weighted by molar-refractivity contribution is 0.0965. The summed E-state index contributed by atoms with van der Waals surface area (Å²) in [7, 11) is 0. The Morgan fingerprint density at radius 3 is 2.67 bits per heavy atom. The van der Waals surface area contributed by atoms with Crippen molar-refractivity contribution in [2.24, 2.45) is 5.92 Å². The lowest BCUT2D eigenvalue weighted by Crippen LogP contribution is -2.26. The molecule has 1 fully saturated rings. The number of hydrogen-bond donors (Lipinski definition) is 0. The van der Waals surface area contributed by atoms with Crippen molar-refractivity contribution >= 4 is 23.2 Å². The zero-order chi connectivity index (χ0) is 6.85. The second kappa shape index (κ2) is 3.09. The molecule has 1 saturated heterocycles. The van der Waals surface area contributed by atoms with Crippen molar-refractivity contribution < 1.29 is 4.74 Å². The first-order valence-electron chi connectivity index (χ1n) is 2.97. The molecule has 1 radical (unpaired) electrons. The van der Waals surface area contributed by atoms with Gasteiger partial charge in [-0.1, -0.05) is 18.5 Å². The topological polar surface area (TPSA) is 9.23 Å². The molecule has 3 unspecified atom stereocenters. The van der Waals surface area contributed by atoms with Gasteiger partial charge in [0.05, 0.1) is 6.61 Å². The highest BCUT2D eigenvalue weighted by molar-refractivity contribution is 6.23. The van der Waals surface area contributed by atoms with E-state index in [0.717, 1.165) is 6.42 Å². The van der Waals surface area contributed by atoms with Crippen LogP contribution in [0.15, 0.2) is 0 Å². The van der Waals surface area contributed by atoms with Crippen molar-refractivity contribution in [1.29, 1.82) is 0 Å². The first-order chi connectivity index (χ1) is 4.20. The smallest absolute Gasteiger partial charge is 0.133 e. The van der Waals surface area contributed by atoms with Crippen LogP contribution in [0.25, 0.3) is 0 Å². The van der Waals surface area contributed by atoms with E-state index in [-0.39, 0.29) is 10.9 Å². The molecule has 0 aliphatic carbocycles. The molecule has 3 heteroatoms. The maximum Gasteiger partial charge on any atom is 0.133 e. The van der Waals surface area contributed by atoms with E-state index in [1.807, 2.05) is 6.92 Å². The van der Waals surface area contributed by atoms with Crippen molar-refractivity contribution in [3.63, 3.8) is 0 Å². The Balaban J connectivity index is 2.35. The molecule has 0 spiro atoms. The van der Waals surface area contributed by atoms with E-state index >= 15 is 0 Å². The summed E-state index contributed by atoms with van der Waals surface area (Å²) in [4.78, 5) is 0. The van der Waals surface area contributed by atoms with Gasteiger partial charge >= 0.3 is 0 Å². The lowest BCUT2D eigenvalue weighted by Gasteiger charge is -2.26. The zero-order valence-electron chi connectivity index (χ0n) is 5.18. The predicted octanol–water partition coefficient (Wildman–Crippen LogP) is 2.38. The Morgan fingerprint density at radius 2 is 2.22 bits per heavy atom. The molecule has 0 amide bonds. The molecule has 53 valence electrons. The average Bonchev–Trinajstić information content (AvgIpc) is 1.80. The molecule has 0 aromatic carbocycles. The highest BCUT2D eigenvalue weighted by Gasteiger charge is 2.25. The SMILES string of the molecule is CC1[CH]OC(Cl)CC1Cl. The summed E-state index contributed by atoms with van der Waals surface area (Å²) in [5.74, 6) is 0.321. The lowest BCUT2D eigenvalue weighted by atomic mass is 10.0. The Hall–Kier alpha value is 0.540. The van der Waals surface area contributed by atoms with E-state index in [1.165, 1.54) is 0 Å². The quantitative estimate of drug-likeness (QED) is 0.504. The van der Waals surface area contributed by atoms with Gasteiger partial charge in [0, 0.05) is 17.7 Å². The fraction of sp³-hybridized carbons (Fsp3) is 0.833. The standard InChI is InChI=1S/C6H9Cl2O/c1-4-3-9-6(8)2-5(4)7/h3-6H,2H2,1H3. The summed E-state index contributed by atoms with van der Waals surface area (Å²) in [5.41, 5.74) is -0.219. The van der Waals surface area contributed by atoms with Crippen molar-refractivity contribution in [2.45, 2.75) is 24.3 Å². The van der Waals surface area contributed by atoms with Gasteiger partial charge in [-0.25, -0.2) is 0 Å². The van der Waals surface area contributed by atoms with E-state index in [9.17, 15) is 0 Å². The van der Waals surface area contributed by atoms with Crippen LogP contribution in [0.2, 0.25) is 0 Å². The highest BCUT2D eigenvalue weighted by Crippen LogP contribution is 2.28. The van der Waals surface area contributed by atoms with Crippen LogP contribution in [-0.4, -0.2) is 10.9 Å². The maximum atomic E-state index is 5.87. The first-order valence-corrected chi connectivity index (χ1v) is 3.84. The largest absolute Gasteiger partial charge is 0.356 e. The van der Waals surface area contributed by atoms with Gasteiger partial charge in [-0.2, -0.15) is 0 Å². The van der Waals surface area contributed by atoms with Crippen LogP contribution < -0.4 is 0 Å². The summed E-state index contributed by atoms with van der Waals surface area (Å²) >= 11 is 11.5. The van der Waals surface area contributed by atoms with E-state index in [4.69, 9.17) is 27.9 Å². The van der Waals surface area contributed by atoms with Crippen LogP contribution in [0.1, 0.15) is 13.3 Å². The number of alkyl halides is 2. The van der Waals surface area contributed by atoms with Gasteiger partial charge in [-0.3, -0.25) is 0 Å². The third-order valence-electron chi connectivity index (χ3n) is 1.42. The van der Waals surface area contributed by atoms with Crippen molar-refractivity contribution in [3.05, 3.63) is 6.61 Å². The monoisotopic (exact) mass is 167 g/mol. The molecule has 1 rings (SSSR count). The Kier molecular flexibility index (Phi) is 2.62. The molecule has 0 N–H and O–H groups in total. The Bertz CT molecular complexity index is 97.1. The van der Waals surface area contributed by atoms with Gasteiger partial charge in [0.2, 0.25) is 0 Å². The van der Waals surface area contributed by atoms with Gasteiger partial charge in [0.25, 0.3) is 0 Å². The fourth-order valence-corrected chi connectivity index (χ4v) is 1.31. The molecule has 0 aromatic rings. The van der Waals surface area contributed by atoms with E-state index in [0.29, 0.717) is 5.92 Å². The average molecular weight is 168 g/mol. The zero-order valence-corrected chi connectivity index (χ0v) is 6.69. The summed E-state index contributed by atoms with van der Waals surface area (Å²) in [6.45, 7) is 3.72. The first kappa shape index (κ1) is 7.64. The second-order valence-electron chi connectivity index (χ2n) is 2.29. The van der Waals surface area contributed by atoms with E-state index in [1.54, 1.807) is 6.61 Å². The molecule has 0 saturated carbocycles. The van der Waals surface area contributed by atoms with Crippen LogP contribution in [-0.2, 0) is 4.74 Å². The molecule has 3 atom stereocenters. The summed E-state index contributed by atoms with van der Waals surface area (Å²) < 4.78 is 5.02. The van der Waals surface area contributed by atoms with Gasteiger partial charge in [0.1, 0.15) is 5.56 Å². The molecule has 9 heavy (non-hydrogen) atoms. The molecule has 1 nitrogen and oxygen atoms in total. The van der Waals surface area contributed by atoms with Gasteiger partial charge < -0.3 is 4.74 Å².